The van der Waals surface area contributed by atoms with Crippen LogP contribution < -0.4 is 5.32 Å². The molecule has 0 aliphatic heterocycles. The molecule has 1 amide bonds. The Labute approximate surface area is 133 Å². The van der Waals surface area contributed by atoms with Gasteiger partial charge >= 0.3 is 0 Å². The van der Waals surface area contributed by atoms with Crippen molar-refractivity contribution >= 4 is 34.2 Å². The molecule has 0 aliphatic carbocycles. The van der Waals surface area contributed by atoms with Crippen LogP contribution in [0.4, 0.5) is 0 Å². The first-order valence-corrected chi connectivity index (χ1v) is 7.33. The maximum atomic E-state index is 11.9. The standard InChI is InChI=1S/C16H16ClN3O2/c1-19-16(22)13(10-18)15(21)3-2-7-20-8-6-11-9-12(17)4-5-14(11)20/h4-6,8-9,13H,2-3,7H2,1H3,(H,19,22)/t13-/m1/s1. The number of hydrogen-bond acceptors (Lipinski definition) is 3. The van der Waals surface area contributed by atoms with Gasteiger partial charge in [-0.1, -0.05) is 11.6 Å². The van der Waals surface area contributed by atoms with Crippen LogP contribution in [-0.2, 0) is 16.1 Å². The zero-order valence-corrected chi connectivity index (χ0v) is 12.9. The van der Waals surface area contributed by atoms with Crippen LogP contribution in [-0.4, -0.2) is 23.3 Å². The summed E-state index contributed by atoms with van der Waals surface area (Å²) in [6, 6.07) is 9.35. The summed E-state index contributed by atoms with van der Waals surface area (Å²) in [5, 5.41) is 13.0. The lowest BCUT2D eigenvalue weighted by Gasteiger charge is -2.08. The molecule has 0 saturated carbocycles. The normalized spacial score (nSPS) is 11.9. The van der Waals surface area contributed by atoms with Crippen molar-refractivity contribution in [2.75, 3.05) is 7.05 Å². The number of fused-ring (bicyclic) bond motifs is 1. The van der Waals surface area contributed by atoms with Crippen LogP contribution in [0.5, 0.6) is 0 Å². The third kappa shape index (κ3) is 3.46. The number of aryl methyl sites for hydroxylation is 1. The molecule has 22 heavy (non-hydrogen) atoms. The van der Waals surface area contributed by atoms with Crippen molar-refractivity contribution in [1.82, 2.24) is 9.88 Å². The SMILES string of the molecule is CNC(=O)[C@H](C#N)C(=O)CCCn1ccc2cc(Cl)ccc21. The van der Waals surface area contributed by atoms with Gasteiger partial charge < -0.3 is 9.88 Å². The minimum Gasteiger partial charge on any atom is -0.358 e. The largest absolute Gasteiger partial charge is 0.358 e. The minimum atomic E-state index is -1.22. The summed E-state index contributed by atoms with van der Waals surface area (Å²) in [5.41, 5.74) is 1.04. The molecule has 0 saturated heterocycles. The van der Waals surface area contributed by atoms with Gasteiger partial charge in [0.25, 0.3) is 0 Å². The van der Waals surface area contributed by atoms with Gasteiger partial charge in [-0.2, -0.15) is 5.26 Å². The van der Waals surface area contributed by atoms with Gasteiger partial charge in [-0.15, -0.1) is 0 Å². The third-order valence-electron chi connectivity index (χ3n) is 3.51. The smallest absolute Gasteiger partial charge is 0.244 e. The maximum Gasteiger partial charge on any atom is 0.244 e. The lowest BCUT2D eigenvalue weighted by molar-refractivity contribution is -0.131. The number of carbonyl (C=O) groups excluding carboxylic acids is 2. The summed E-state index contributed by atoms with van der Waals surface area (Å²) in [7, 11) is 1.41. The highest BCUT2D eigenvalue weighted by atomic mass is 35.5. The Kier molecular flexibility index (Phi) is 5.18. The number of rotatable bonds is 6. The average Bonchev–Trinajstić information content (AvgIpc) is 2.90. The molecule has 0 bridgehead atoms. The fraction of sp³-hybridized carbons (Fsp3) is 0.312. The molecule has 0 aliphatic rings. The highest BCUT2D eigenvalue weighted by molar-refractivity contribution is 6.31. The first kappa shape index (κ1) is 16.1. The molecule has 1 aromatic carbocycles. The van der Waals surface area contributed by atoms with Crippen LogP contribution in [0.2, 0.25) is 5.02 Å². The van der Waals surface area contributed by atoms with Gasteiger partial charge in [0.1, 0.15) is 0 Å². The Morgan fingerprint density at radius 1 is 1.41 bits per heavy atom. The molecule has 0 spiro atoms. The number of carbonyl (C=O) groups is 2. The zero-order valence-electron chi connectivity index (χ0n) is 12.2. The molecule has 0 radical (unpaired) electrons. The van der Waals surface area contributed by atoms with Crippen molar-refractivity contribution in [3.05, 3.63) is 35.5 Å². The van der Waals surface area contributed by atoms with Crippen molar-refractivity contribution in [1.29, 1.82) is 5.26 Å². The van der Waals surface area contributed by atoms with E-state index in [-0.39, 0.29) is 12.2 Å². The molecule has 5 nitrogen and oxygen atoms in total. The molecule has 114 valence electrons. The van der Waals surface area contributed by atoms with Gasteiger partial charge in [0, 0.05) is 42.1 Å². The van der Waals surface area contributed by atoms with Crippen LogP contribution in [0.1, 0.15) is 12.8 Å². The Balaban J connectivity index is 1.97. The minimum absolute atomic E-state index is 0.193. The molecule has 1 N–H and O–H groups in total. The number of aromatic nitrogens is 1. The molecular weight excluding hydrogens is 302 g/mol. The average molecular weight is 318 g/mol. The number of halogens is 1. The monoisotopic (exact) mass is 317 g/mol. The van der Waals surface area contributed by atoms with E-state index in [0.717, 1.165) is 10.9 Å². The third-order valence-corrected chi connectivity index (χ3v) is 3.75. The number of nitriles is 1. The molecule has 6 heteroatoms. The highest BCUT2D eigenvalue weighted by Gasteiger charge is 2.24. The van der Waals surface area contributed by atoms with Crippen molar-refractivity contribution in [3.8, 4) is 6.07 Å². The van der Waals surface area contributed by atoms with E-state index in [1.807, 2.05) is 35.0 Å². The number of nitrogens with zero attached hydrogens (tertiary/aromatic N) is 2. The molecule has 1 aromatic heterocycles. The molecule has 2 rings (SSSR count). The second kappa shape index (κ2) is 7.10. The maximum absolute atomic E-state index is 11.9. The van der Waals surface area contributed by atoms with Gasteiger partial charge in [0.2, 0.25) is 5.91 Å². The Morgan fingerprint density at radius 3 is 2.86 bits per heavy atom. The highest BCUT2D eigenvalue weighted by Crippen LogP contribution is 2.21. The number of amides is 1. The van der Waals surface area contributed by atoms with E-state index >= 15 is 0 Å². The van der Waals surface area contributed by atoms with Gasteiger partial charge in [0.05, 0.1) is 6.07 Å². The summed E-state index contributed by atoms with van der Waals surface area (Å²) in [6.07, 6.45) is 2.70. The van der Waals surface area contributed by atoms with Crippen molar-refractivity contribution in [2.24, 2.45) is 5.92 Å². The number of Topliss-reactive ketones (excluding diaryl/α,β-unsaturated/α-hetero) is 1. The van der Waals surface area contributed by atoms with E-state index in [9.17, 15) is 9.59 Å². The van der Waals surface area contributed by atoms with Crippen LogP contribution in [0.3, 0.4) is 0 Å². The van der Waals surface area contributed by atoms with E-state index in [1.165, 1.54) is 7.05 Å². The van der Waals surface area contributed by atoms with Gasteiger partial charge in [-0.25, -0.2) is 0 Å². The summed E-state index contributed by atoms with van der Waals surface area (Å²) >= 11 is 5.95. The number of hydrogen-bond donors (Lipinski definition) is 1. The molecule has 2 aromatic rings. The van der Waals surface area contributed by atoms with E-state index in [4.69, 9.17) is 16.9 Å². The molecular formula is C16H16ClN3O2. The number of ketones is 1. The van der Waals surface area contributed by atoms with Crippen molar-refractivity contribution < 1.29 is 9.59 Å². The number of nitrogens with one attached hydrogen (secondary N) is 1. The van der Waals surface area contributed by atoms with Crippen LogP contribution in [0.25, 0.3) is 10.9 Å². The predicted molar refractivity (Wildman–Crippen MR) is 84.4 cm³/mol. The van der Waals surface area contributed by atoms with Gasteiger partial charge in [-0.05, 0) is 30.7 Å². The van der Waals surface area contributed by atoms with Gasteiger partial charge in [0.15, 0.2) is 11.7 Å². The Hall–Kier alpha value is -2.32. The van der Waals surface area contributed by atoms with E-state index < -0.39 is 11.8 Å². The van der Waals surface area contributed by atoms with E-state index in [2.05, 4.69) is 5.32 Å². The second-order valence-corrected chi connectivity index (χ2v) is 5.39. The fourth-order valence-electron chi connectivity index (χ4n) is 2.36. The molecule has 0 fully saturated rings. The van der Waals surface area contributed by atoms with E-state index in [0.29, 0.717) is 18.0 Å². The fourth-order valence-corrected chi connectivity index (χ4v) is 2.54. The van der Waals surface area contributed by atoms with Crippen LogP contribution in [0, 0.1) is 17.2 Å². The zero-order chi connectivity index (χ0) is 16.1. The van der Waals surface area contributed by atoms with Crippen LogP contribution >= 0.6 is 11.6 Å². The Morgan fingerprint density at radius 2 is 2.18 bits per heavy atom. The first-order chi connectivity index (χ1) is 10.6. The predicted octanol–water partition coefficient (Wildman–Crippen LogP) is 2.53. The summed E-state index contributed by atoms with van der Waals surface area (Å²) in [4.78, 5) is 23.3. The molecule has 1 heterocycles. The summed E-state index contributed by atoms with van der Waals surface area (Å²) < 4.78 is 2.03. The molecule has 1 atom stereocenters. The van der Waals surface area contributed by atoms with Crippen LogP contribution in [0.15, 0.2) is 30.5 Å². The van der Waals surface area contributed by atoms with E-state index in [1.54, 1.807) is 6.07 Å². The van der Waals surface area contributed by atoms with Gasteiger partial charge in [-0.3, -0.25) is 9.59 Å². The first-order valence-electron chi connectivity index (χ1n) is 6.95. The van der Waals surface area contributed by atoms with Crippen molar-refractivity contribution in [3.63, 3.8) is 0 Å². The summed E-state index contributed by atoms with van der Waals surface area (Å²) in [6.45, 7) is 0.642. The number of benzene rings is 1. The van der Waals surface area contributed by atoms with Crippen molar-refractivity contribution in [2.45, 2.75) is 19.4 Å². The second-order valence-electron chi connectivity index (χ2n) is 4.96. The molecule has 0 unspecified atom stereocenters. The Bertz CT molecular complexity index is 745. The lowest BCUT2D eigenvalue weighted by Crippen LogP contribution is -2.32. The lowest BCUT2D eigenvalue weighted by atomic mass is 10.0. The summed E-state index contributed by atoms with van der Waals surface area (Å²) in [5.74, 6) is -2.11. The quantitative estimate of drug-likeness (QED) is 0.832. The topological polar surface area (TPSA) is 74.9 Å².